The van der Waals surface area contributed by atoms with E-state index >= 15 is 0 Å². The van der Waals surface area contributed by atoms with Crippen molar-refractivity contribution in [2.45, 2.75) is 178 Å². The Hall–Kier alpha value is -1.05. The molecule has 2 saturated heterocycles. The van der Waals surface area contributed by atoms with Crippen molar-refractivity contribution in [2.75, 3.05) is 20.3 Å². The molecule has 0 bridgehead atoms. The molecule has 1 unspecified atom stereocenters. The van der Waals surface area contributed by atoms with Gasteiger partial charge in [0.05, 0.1) is 43.2 Å². The monoisotopic (exact) mass is 788 g/mol. The Bertz CT molecular complexity index is 1320. The lowest BCUT2D eigenvalue weighted by Crippen LogP contribution is -2.71. The molecule has 15 nitrogen and oxygen atoms in total. The third-order valence-electron chi connectivity index (χ3n) is 15.2. The van der Waals surface area contributed by atoms with Crippen LogP contribution in [0.25, 0.3) is 0 Å². The second kappa shape index (κ2) is 16.5. The maximum atomic E-state index is 12.9. The van der Waals surface area contributed by atoms with E-state index in [1.165, 1.54) is 14.0 Å². The largest absolute Gasteiger partial charge is 0.462 e. The lowest BCUT2D eigenvalue weighted by Gasteiger charge is -2.66. The van der Waals surface area contributed by atoms with E-state index in [2.05, 4.69) is 13.8 Å². The number of rotatable bonds is 12. The first-order valence-electron chi connectivity index (χ1n) is 20.5. The maximum Gasteiger partial charge on any atom is 0.302 e. The quantitative estimate of drug-likeness (QED) is 0.127. The van der Waals surface area contributed by atoms with Gasteiger partial charge in [-0.3, -0.25) is 4.79 Å². The van der Waals surface area contributed by atoms with E-state index in [0.717, 1.165) is 12.8 Å². The number of aliphatic hydroxyl groups excluding tert-OH is 7. The van der Waals surface area contributed by atoms with E-state index in [0.29, 0.717) is 32.1 Å². The number of hydrogen-bond acceptors (Lipinski definition) is 15. The van der Waals surface area contributed by atoms with Gasteiger partial charge in [-0.05, 0) is 79.4 Å². The second-order valence-corrected chi connectivity index (χ2v) is 18.7. The van der Waals surface area contributed by atoms with Crippen molar-refractivity contribution in [1.82, 2.24) is 0 Å². The van der Waals surface area contributed by atoms with Crippen LogP contribution in [0.3, 0.4) is 0 Å². The molecule has 318 valence electrons. The predicted molar refractivity (Wildman–Crippen MR) is 194 cm³/mol. The standard InChI is InChI=1S/C40H68O15/c1-18(2)25(53-36-32(48)33(27(16-41)54-36)55-37-34(50-7)31(47)24(45)17-51-37)9-8-19(3)21-14-26(52-20(4)42)35-38(21,5)13-11-28-39(6)12-10-22(43)30(46)29(39)23(44)15-40(28,35)49/h18-19,21-37,41,43-49H,8-17H2,1-7H3/t19-,21-,22+,23-,24-,25?,26+,27+,28-,29+,30+,31+,32-,33+,34-,35-,36-,37+,38-,39-,40+/m1/s1. The average Bonchev–Trinajstić information content (AvgIpc) is 3.58. The van der Waals surface area contributed by atoms with Crippen LogP contribution in [0, 0.1) is 46.3 Å². The molecule has 4 aliphatic carbocycles. The highest BCUT2D eigenvalue weighted by atomic mass is 16.8. The van der Waals surface area contributed by atoms with Crippen molar-refractivity contribution in [1.29, 1.82) is 0 Å². The number of hydrogen-bond donors (Lipinski definition) is 8. The molecule has 4 saturated carbocycles. The summed E-state index contributed by atoms with van der Waals surface area (Å²) in [5, 5.41) is 88.0. The molecule has 21 atom stereocenters. The molecule has 0 aromatic carbocycles. The van der Waals surface area contributed by atoms with Gasteiger partial charge in [-0.25, -0.2) is 0 Å². The molecule has 15 heteroatoms. The molecule has 0 spiro atoms. The van der Waals surface area contributed by atoms with Crippen molar-refractivity contribution in [3.63, 3.8) is 0 Å². The Kier molecular flexibility index (Phi) is 13.1. The van der Waals surface area contributed by atoms with Gasteiger partial charge in [-0.2, -0.15) is 0 Å². The summed E-state index contributed by atoms with van der Waals surface area (Å²) < 4.78 is 35.3. The van der Waals surface area contributed by atoms with Crippen LogP contribution in [0.1, 0.15) is 92.9 Å². The summed E-state index contributed by atoms with van der Waals surface area (Å²) in [5.74, 6) is -1.49. The van der Waals surface area contributed by atoms with Crippen molar-refractivity contribution in [2.24, 2.45) is 46.3 Å². The molecule has 0 amide bonds. The molecular formula is C40H68O15. The molecule has 2 heterocycles. The first kappa shape index (κ1) is 43.5. The molecule has 0 radical (unpaired) electrons. The van der Waals surface area contributed by atoms with E-state index in [1.807, 2.05) is 20.8 Å². The van der Waals surface area contributed by atoms with E-state index in [9.17, 15) is 45.6 Å². The van der Waals surface area contributed by atoms with Gasteiger partial charge in [0.2, 0.25) is 0 Å². The number of carbonyl (C=O) groups excluding carboxylic acids is 1. The van der Waals surface area contributed by atoms with Crippen LogP contribution in [0.5, 0.6) is 0 Å². The van der Waals surface area contributed by atoms with Crippen molar-refractivity contribution >= 4 is 5.97 Å². The summed E-state index contributed by atoms with van der Waals surface area (Å²) in [6.45, 7) is 11.1. The Balaban J connectivity index is 1.15. The third-order valence-corrected chi connectivity index (χ3v) is 15.2. The van der Waals surface area contributed by atoms with E-state index in [-0.39, 0.29) is 42.8 Å². The Morgan fingerprint density at radius 1 is 0.873 bits per heavy atom. The SMILES string of the molecule is CO[C@H]1[C@H](O[C@@H]2[C@@H](O)[C@H](OC(CC[C@@H](C)[C@H]3C[C@H](OC(C)=O)[C@@H]4[C@]3(C)CC[C@@H]3[C@@]5(C)CC[C@H](O)[C@H](O)[C@@H]5[C@H](O)C[C@]34O)C(C)C)O[C@H]2CO)OC[C@@H](O)[C@@H]1O. The van der Waals surface area contributed by atoms with Gasteiger partial charge in [0.25, 0.3) is 0 Å². The molecule has 0 aromatic rings. The zero-order valence-electron chi connectivity index (χ0n) is 33.5. The molecule has 8 N–H and O–H groups in total. The highest BCUT2D eigenvalue weighted by Crippen LogP contribution is 2.70. The molecule has 6 fully saturated rings. The fraction of sp³-hybridized carbons (Fsp3) is 0.975. The lowest BCUT2D eigenvalue weighted by atomic mass is 9.41. The Morgan fingerprint density at radius 2 is 1.56 bits per heavy atom. The molecule has 6 rings (SSSR count). The molecule has 55 heavy (non-hydrogen) atoms. The van der Waals surface area contributed by atoms with Gasteiger partial charge in [0, 0.05) is 32.3 Å². The summed E-state index contributed by atoms with van der Waals surface area (Å²) in [6, 6.07) is 0. The first-order valence-corrected chi connectivity index (χ1v) is 20.5. The highest BCUT2D eigenvalue weighted by Gasteiger charge is 2.72. The smallest absolute Gasteiger partial charge is 0.302 e. The van der Waals surface area contributed by atoms with Crippen LogP contribution in [0.4, 0.5) is 0 Å². The van der Waals surface area contributed by atoms with E-state index < -0.39 is 114 Å². The molecule has 0 aromatic heterocycles. The molecule has 6 aliphatic rings. The topological polar surface area (TPSA) is 234 Å². The van der Waals surface area contributed by atoms with Gasteiger partial charge in [0.1, 0.15) is 42.7 Å². The van der Waals surface area contributed by atoms with Gasteiger partial charge in [-0.1, -0.05) is 34.6 Å². The number of methoxy groups -OCH3 is 1. The molecule has 2 aliphatic heterocycles. The zero-order valence-corrected chi connectivity index (χ0v) is 33.5. The number of ether oxygens (including phenoxy) is 6. The average molecular weight is 789 g/mol. The van der Waals surface area contributed by atoms with Crippen molar-refractivity contribution < 1.29 is 74.1 Å². The fourth-order valence-corrected chi connectivity index (χ4v) is 12.6. The highest BCUT2D eigenvalue weighted by molar-refractivity contribution is 5.66. The molecular weight excluding hydrogens is 720 g/mol. The minimum absolute atomic E-state index is 0.0189. The Labute approximate surface area is 324 Å². The third kappa shape index (κ3) is 7.66. The predicted octanol–water partition coefficient (Wildman–Crippen LogP) is 0.618. The Morgan fingerprint density at radius 3 is 2.20 bits per heavy atom. The van der Waals surface area contributed by atoms with Gasteiger partial charge < -0.3 is 69.3 Å². The first-order chi connectivity index (χ1) is 25.8. The summed E-state index contributed by atoms with van der Waals surface area (Å²) in [7, 11) is 1.34. The minimum atomic E-state index is -1.35. The van der Waals surface area contributed by atoms with Crippen LogP contribution < -0.4 is 0 Å². The van der Waals surface area contributed by atoms with Crippen molar-refractivity contribution in [3.05, 3.63) is 0 Å². The van der Waals surface area contributed by atoms with Crippen LogP contribution >= 0.6 is 0 Å². The number of esters is 1. The number of aliphatic hydroxyl groups is 8. The van der Waals surface area contributed by atoms with Gasteiger partial charge in [-0.15, -0.1) is 0 Å². The number of fused-ring (bicyclic) bond motifs is 5. The van der Waals surface area contributed by atoms with Gasteiger partial charge in [0.15, 0.2) is 12.6 Å². The van der Waals surface area contributed by atoms with Gasteiger partial charge >= 0.3 is 5.97 Å². The van der Waals surface area contributed by atoms with Crippen LogP contribution in [0.15, 0.2) is 0 Å². The maximum absolute atomic E-state index is 12.9. The summed E-state index contributed by atoms with van der Waals surface area (Å²) in [4.78, 5) is 12.6. The number of carbonyl (C=O) groups is 1. The minimum Gasteiger partial charge on any atom is -0.462 e. The van der Waals surface area contributed by atoms with E-state index in [4.69, 9.17) is 28.4 Å². The second-order valence-electron chi connectivity index (χ2n) is 18.7. The normalized spacial score (nSPS) is 50.9. The zero-order chi connectivity index (χ0) is 40.4. The van der Waals surface area contributed by atoms with Crippen LogP contribution in [-0.4, -0.2) is 152 Å². The summed E-state index contributed by atoms with van der Waals surface area (Å²) in [5.41, 5.74) is -2.38. The van der Waals surface area contributed by atoms with Crippen LogP contribution in [-0.2, 0) is 33.2 Å². The van der Waals surface area contributed by atoms with E-state index in [1.54, 1.807) is 0 Å². The van der Waals surface area contributed by atoms with Crippen LogP contribution in [0.2, 0.25) is 0 Å². The van der Waals surface area contributed by atoms with Crippen molar-refractivity contribution in [3.8, 4) is 0 Å². The summed E-state index contributed by atoms with van der Waals surface area (Å²) >= 11 is 0. The summed E-state index contributed by atoms with van der Waals surface area (Å²) in [6.07, 6.45) is -8.70. The fourth-order valence-electron chi connectivity index (χ4n) is 12.6. The lowest BCUT2D eigenvalue weighted by molar-refractivity contribution is -0.296.